The van der Waals surface area contributed by atoms with Crippen LogP contribution in [0.1, 0.15) is 0 Å². The molecule has 0 unspecified atom stereocenters. The standard InChI is InChI=1S/C54H32N2O2/c1-2-14-36(42-20-12-22-44-46-32-34(28-30-52(46)58-54(42)44)56-49-25-9-5-17-39(49)40-18-6-10-26-50(40)56)35(13-1)41-19-11-21-43-45-31-33(27-29-51(45)57-53(41)43)55-47-23-7-3-15-37(47)38-16-4-8-24-48(38)55/h1-32H. The van der Waals surface area contributed by atoms with Gasteiger partial charge in [0.15, 0.2) is 0 Å². The Morgan fingerprint density at radius 1 is 0.259 bits per heavy atom. The maximum Gasteiger partial charge on any atom is 0.143 e. The molecule has 0 atom stereocenters. The Morgan fingerprint density at radius 3 is 0.983 bits per heavy atom. The molecule has 270 valence electrons. The number of aromatic nitrogens is 2. The normalized spacial score (nSPS) is 12.1. The SMILES string of the molecule is c1ccc(-c2cccc3c2oc2ccc(-n4c5ccccc5c5ccccc54)cc23)c(-c2cccc3c2oc2ccc(-n4c5ccccc5c5ccccc54)cc23)c1. The van der Waals surface area contributed by atoms with Gasteiger partial charge in [-0.05, 0) is 71.8 Å². The van der Waals surface area contributed by atoms with Crippen molar-refractivity contribution >= 4 is 87.5 Å². The van der Waals surface area contributed by atoms with Gasteiger partial charge in [0, 0.05) is 65.6 Å². The first-order chi connectivity index (χ1) is 28.8. The lowest BCUT2D eigenvalue weighted by molar-refractivity contribution is 0.669. The summed E-state index contributed by atoms with van der Waals surface area (Å²) < 4.78 is 18.3. The molecule has 0 fully saturated rings. The summed E-state index contributed by atoms with van der Waals surface area (Å²) in [5.41, 5.74) is 14.7. The minimum atomic E-state index is 0.864. The first-order valence-electron chi connectivity index (χ1n) is 19.8. The zero-order valence-electron chi connectivity index (χ0n) is 31.2. The third-order valence-corrected chi connectivity index (χ3v) is 12.1. The Labute approximate surface area is 332 Å². The van der Waals surface area contributed by atoms with Crippen LogP contribution in [0.5, 0.6) is 0 Å². The molecule has 0 saturated carbocycles. The van der Waals surface area contributed by atoms with Gasteiger partial charge in [-0.25, -0.2) is 0 Å². The van der Waals surface area contributed by atoms with E-state index in [1.165, 1.54) is 43.6 Å². The van der Waals surface area contributed by atoms with Crippen LogP contribution < -0.4 is 0 Å². The predicted octanol–water partition coefficient (Wildman–Crippen LogP) is 15.0. The molecule has 0 N–H and O–H groups in total. The summed E-state index contributed by atoms with van der Waals surface area (Å²) in [6, 6.07) is 69.3. The van der Waals surface area contributed by atoms with Crippen molar-refractivity contribution in [3.05, 3.63) is 194 Å². The van der Waals surface area contributed by atoms with Crippen molar-refractivity contribution in [1.82, 2.24) is 9.13 Å². The van der Waals surface area contributed by atoms with Crippen LogP contribution in [0, 0.1) is 0 Å². The summed E-state index contributed by atoms with van der Waals surface area (Å²) in [6.45, 7) is 0. The average Bonchev–Trinajstić information content (AvgIpc) is 4.04. The summed E-state index contributed by atoms with van der Waals surface area (Å²) in [6.07, 6.45) is 0. The summed E-state index contributed by atoms with van der Waals surface area (Å²) in [7, 11) is 0. The molecule has 9 aromatic carbocycles. The van der Waals surface area contributed by atoms with E-state index in [1.807, 2.05) is 0 Å². The number of nitrogens with zero attached hydrogens (tertiary/aromatic N) is 2. The summed E-state index contributed by atoms with van der Waals surface area (Å²) in [5.74, 6) is 0. The van der Waals surface area contributed by atoms with E-state index in [-0.39, 0.29) is 0 Å². The molecule has 4 aromatic heterocycles. The van der Waals surface area contributed by atoms with E-state index in [4.69, 9.17) is 8.83 Å². The molecule has 58 heavy (non-hydrogen) atoms. The van der Waals surface area contributed by atoms with Crippen LogP contribution in [0.3, 0.4) is 0 Å². The Bertz CT molecular complexity index is 3460. The molecule has 0 aliphatic carbocycles. The van der Waals surface area contributed by atoms with Crippen LogP contribution in [-0.4, -0.2) is 9.13 Å². The molecule has 0 radical (unpaired) electrons. The Morgan fingerprint density at radius 2 is 0.586 bits per heavy atom. The van der Waals surface area contributed by atoms with Crippen molar-refractivity contribution < 1.29 is 8.83 Å². The number of benzene rings is 9. The van der Waals surface area contributed by atoms with Crippen LogP contribution in [0.15, 0.2) is 203 Å². The number of furan rings is 2. The molecule has 0 amide bonds. The van der Waals surface area contributed by atoms with Gasteiger partial charge in [-0.1, -0.05) is 133 Å². The third kappa shape index (κ3) is 4.34. The van der Waals surface area contributed by atoms with Crippen LogP contribution >= 0.6 is 0 Å². The second kappa shape index (κ2) is 11.8. The Hall–Kier alpha value is -7.82. The molecule has 4 heterocycles. The number of para-hydroxylation sites is 6. The lowest BCUT2D eigenvalue weighted by Crippen LogP contribution is -1.93. The average molecular weight is 741 g/mol. The van der Waals surface area contributed by atoms with Gasteiger partial charge in [-0.3, -0.25) is 0 Å². The van der Waals surface area contributed by atoms with E-state index in [9.17, 15) is 0 Å². The van der Waals surface area contributed by atoms with Crippen LogP contribution in [0.2, 0.25) is 0 Å². The van der Waals surface area contributed by atoms with Gasteiger partial charge in [0.1, 0.15) is 22.3 Å². The lowest BCUT2D eigenvalue weighted by atomic mass is 9.92. The zero-order valence-corrected chi connectivity index (χ0v) is 31.2. The number of hydrogen-bond acceptors (Lipinski definition) is 2. The fraction of sp³-hybridized carbons (Fsp3) is 0. The Kier molecular flexibility index (Phi) is 6.41. The topological polar surface area (TPSA) is 36.1 Å². The number of rotatable bonds is 4. The number of hydrogen-bond donors (Lipinski definition) is 0. The van der Waals surface area contributed by atoms with Crippen LogP contribution in [0.4, 0.5) is 0 Å². The highest BCUT2D eigenvalue weighted by atomic mass is 16.3. The largest absolute Gasteiger partial charge is 0.455 e. The van der Waals surface area contributed by atoms with E-state index >= 15 is 0 Å². The van der Waals surface area contributed by atoms with Gasteiger partial charge >= 0.3 is 0 Å². The molecule has 0 spiro atoms. The highest BCUT2D eigenvalue weighted by Crippen LogP contribution is 2.44. The van der Waals surface area contributed by atoms with Crippen LogP contribution in [0.25, 0.3) is 121 Å². The van der Waals surface area contributed by atoms with Crippen molar-refractivity contribution in [1.29, 1.82) is 0 Å². The second-order valence-electron chi connectivity index (χ2n) is 15.2. The van der Waals surface area contributed by atoms with E-state index in [0.717, 1.165) is 77.5 Å². The van der Waals surface area contributed by atoms with E-state index < -0.39 is 0 Å². The summed E-state index contributed by atoms with van der Waals surface area (Å²) in [5, 5.41) is 9.34. The molecule has 13 rings (SSSR count). The molecule has 0 aliphatic rings. The first-order valence-corrected chi connectivity index (χ1v) is 19.8. The fourth-order valence-electron chi connectivity index (χ4n) is 9.63. The minimum absolute atomic E-state index is 0.864. The van der Waals surface area contributed by atoms with E-state index in [0.29, 0.717) is 0 Å². The Balaban J connectivity index is 0.971. The van der Waals surface area contributed by atoms with E-state index in [2.05, 4.69) is 203 Å². The minimum Gasteiger partial charge on any atom is -0.455 e. The highest BCUT2D eigenvalue weighted by molar-refractivity contribution is 6.15. The van der Waals surface area contributed by atoms with Crippen molar-refractivity contribution in [3.8, 4) is 33.6 Å². The molecule has 13 aromatic rings. The molecule has 0 aliphatic heterocycles. The van der Waals surface area contributed by atoms with Gasteiger partial charge in [0.05, 0.1) is 22.1 Å². The molecular formula is C54H32N2O2. The van der Waals surface area contributed by atoms with Crippen molar-refractivity contribution in [2.24, 2.45) is 0 Å². The van der Waals surface area contributed by atoms with Gasteiger partial charge in [0.2, 0.25) is 0 Å². The van der Waals surface area contributed by atoms with Crippen LogP contribution in [-0.2, 0) is 0 Å². The van der Waals surface area contributed by atoms with Crippen molar-refractivity contribution in [3.63, 3.8) is 0 Å². The zero-order chi connectivity index (χ0) is 37.9. The maximum absolute atomic E-state index is 6.79. The molecule has 0 saturated heterocycles. The van der Waals surface area contributed by atoms with Gasteiger partial charge in [-0.15, -0.1) is 0 Å². The quantitative estimate of drug-likeness (QED) is 0.180. The van der Waals surface area contributed by atoms with Gasteiger partial charge < -0.3 is 18.0 Å². The summed E-state index contributed by atoms with van der Waals surface area (Å²) in [4.78, 5) is 0. The molecule has 4 heteroatoms. The molecule has 0 bridgehead atoms. The first kappa shape index (κ1) is 31.4. The lowest BCUT2D eigenvalue weighted by Gasteiger charge is -2.11. The van der Waals surface area contributed by atoms with Crippen molar-refractivity contribution in [2.45, 2.75) is 0 Å². The number of fused-ring (bicyclic) bond motifs is 12. The second-order valence-corrected chi connectivity index (χ2v) is 15.2. The van der Waals surface area contributed by atoms with Gasteiger partial charge in [0.25, 0.3) is 0 Å². The van der Waals surface area contributed by atoms with Gasteiger partial charge in [-0.2, -0.15) is 0 Å². The predicted molar refractivity (Wildman–Crippen MR) is 241 cm³/mol. The maximum atomic E-state index is 6.79. The highest BCUT2D eigenvalue weighted by Gasteiger charge is 2.21. The molecule has 4 nitrogen and oxygen atoms in total. The molecular weight excluding hydrogens is 709 g/mol. The monoisotopic (exact) mass is 740 g/mol. The van der Waals surface area contributed by atoms with Crippen molar-refractivity contribution in [2.75, 3.05) is 0 Å². The fourth-order valence-corrected chi connectivity index (χ4v) is 9.63. The smallest absolute Gasteiger partial charge is 0.143 e. The third-order valence-electron chi connectivity index (χ3n) is 12.1. The summed E-state index contributed by atoms with van der Waals surface area (Å²) >= 11 is 0. The van der Waals surface area contributed by atoms with E-state index in [1.54, 1.807) is 0 Å².